The van der Waals surface area contributed by atoms with Crippen LogP contribution in [0.15, 0.2) is 18.2 Å². The molecule has 0 saturated heterocycles. The molecule has 0 atom stereocenters. The van der Waals surface area contributed by atoms with Gasteiger partial charge in [-0.2, -0.15) is 13.7 Å². The summed E-state index contributed by atoms with van der Waals surface area (Å²) in [4.78, 5) is 13.1. The quantitative estimate of drug-likeness (QED) is 0.480. The van der Waals surface area contributed by atoms with Crippen molar-refractivity contribution in [3.63, 3.8) is 0 Å². The fourth-order valence-corrected chi connectivity index (χ4v) is 1.81. The molecule has 2 N–H and O–H groups in total. The Hall–Kier alpha value is -2.27. The molecular weight excluding hydrogens is 270 g/mol. The topological polar surface area (TPSA) is 113 Å². The van der Waals surface area contributed by atoms with Crippen molar-refractivity contribution in [3.05, 3.63) is 23.8 Å². The van der Waals surface area contributed by atoms with Crippen LogP contribution >= 0.6 is 0 Å². The number of rotatable bonds is 4. The molecular formula is C11H13N3O4S. The van der Waals surface area contributed by atoms with Crippen LogP contribution in [-0.4, -0.2) is 39.1 Å². The van der Waals surface area contributed by atoms with Crippen LogP contribution in [0.4, 0.5) is 5.69 Å². The molecule has 0 saturated carbocycles. The summed E-state index contributed by atoms with van der Waals surface area (Å²) in [6, 6.07) is 5.76. The number of nitriles is 1. The van der Waals surface area contributed by atoms with Crippen LogP contribution in [0.2, 0.25) is 0 Å². The Morgan fingerprint density at radius 2 is 2.11 bits per heavy atom. The van der Waals surface area contributed by atoms with Crippen LogP contribution in [-0.2, 0) is 10.1 Å². The van der Waals surface area contributed by atoms with Gasteiger partial charge < -0.3 is 14.8 Å². The second kappa shape index (κ2) is 5.58. The van der Waals surface area contributed by atoms with Crippen LogP contribution in [0.25, 0.3) is 0 Å². The van der Waals surface area contributed by atoms with Gasteiger partial charge in [0.25, 0.3) is 5.91 Å². The molecule has 1 aromatic carbocycles. The predicted octanol–water partition coefficient (Wildman–Crippen LogP) is 0.203. The predicted molar refractivity (Wildman–Crippen MR) is 68.9 cm³/mol. The van der Waals surface area contributed by atoms with Gasteiger partial charge in [0.1, 0.15) is 12.3 Å². The molecule has 0 aliphatic heterocycles. The number of nitrogens with zero attached hydrogens (tertiary/aromatic N) is 2. The molecule has 19 heavy (non-hydrogen) atoms. The van der Waals surface area contributed by atoms with E-state index in [9.17, 15) is 13.2 Å². The van der Waals surface area contributed by atoms with Gasteiger partial charge in [-0.3, -0.25) is 4.79 Å². The van der Waals surface area contributed by atoms with E-state index >= 15 is 0 Å². The largest absolute Gasteiger partial charge is 0.399 e. The molecule has 0 aromatic heterocycles. The summed E-state index contributed by atoms with van der Waals surface area (Å²) in [5, 5.41) is 8.52. The second-order valence-corrected chi connectivity index (χ2v) is 5.47. The molecule has 0 aliphatic carbocycles. The van der Waals surface area contributed by atoms with E-state index in [2.05, 4.69) is 4.18 Å². The van der Waals surface area contributed by atoms with Gasteiger partial charge in [-0.15, -0.1) is 0 Å². The number of nitrogen functional groups attached to an aromatic ring is 1. The molecule has 0 fully saturated rings. The van der Waals surface area contributed by atoms with Gasteiger partial charge in [0.2, 0.25) is 0 Å². The highest BCUT2D eigenvalue weighted by Crippen LogP contribution is 2.21. The third-order valence-electron chi connectivity index (χ3n) is 2.08. The normalized spacial score (nSPS) is 10.6. The van der Waals surface area contributed by atoms with E-state index in [0.29, 0.717) is 0 Å². The van der Waals surface area contributed by atoms with E-state index in [-0.39, 0.29) is 23.5 Å². The number of hydrogen-bond donors (Lipinski definition) is 1. The van der Waals surface area contributed by atoms with Crippen molar-refractivity contribution in [2.75, 3.05) is 25.6 Å². The molecule has 0 heterocycles. The second-order valence-electron chi connectivity index (χ2n) is 3.90. The molecule has 0 spiro atoms. The SMILES string of the molecule is CN(CC#N)C(=O)c1cc(N)cc(OS(C)(=O)=O)c1. The Morgan fingerprint density at radius 3 is 2.63 bits per heavy atom. The van der Waals surface area contributed by atoms with Crippen LogP contribution in [0, 0.1) is 11.3 Å². The average molecular weight is 283 g/mol. The zero-order valence-electron chi connectivity index (χ0n) is 10.5. The van der Waals surface area contributed by atoms with Gasteiger partial charge in [0.05, 0.1) is 12.3 Å². The van der Waals surface area contributed by atoms with Gasteiger partial charge >= 0.3 is 10.1 Å². The number of benzene rings is 1. The Balaban J connectivity index is 3.10. The van der Waals surface area contributed by atoms with Crippen LogP contribution in [0.3, 0.4) is 0 Å². The number of nitrogens with two attached hydrogens (primary N) is 1. The molecule has 7 nitrogen and oxygen atoms in total. The zero-order chi connectivity index (χ0) is 14.6. The van der Waals surface area contributed by atoms with Gasteiger partial charge in [-0.05, 0) is 12.1 Å². The summed E-state index contributed by atoms with van der Waals surface area (Å²) in [6.07, 6.45) is 0.888. The minimum atomic E-state index is -3.70. The van der Waals surface area contributed by atoms with Crippen molar-refractivity contribution < 1.29 is 17.4 Å². The Morgan fingerprint density at radius 1 is 1.47 bits per heavy atom. The highest BCUT2D eigenvalue weighted by Gasteiger charge is 2.14. The number of carbonyl (C=O) groups is 1. The minimum Gasteiger partial charge on any atom is -0.399 e. The van der Waals surface area contributed by atoms with Crippen molar-refractivity contribution >= 4 is 21.7 Å². The van der Waals surface area contributed by atoms with Crippen molar-refractivity contribution in [2.24, 2.45) is 0 Å². The first-order chi connectivity index (χ1) is 8.73. The number of carbonyl (C=O) groups excluding carboxylic acids is 1. The van der Waals surface area contributed by atoms with Crippen molar-refractivity contribution in [3.8, 4) is 11.8 Å². The number of anilines is 1. The van der Waals surface area contributed by atoms with Gasteiger partial charge in [-0.25, -0.2) is 0 Å². The molecule has 0 bridgehead atoms. The number of amides is 1. The molecule has 1 amide bonds. The van der Waals surface area contributed by atoms with Gasteiger partial charge in [0.15, 0.2) is 0 Å². The average Bonchev–Trinajstić information content (AvgIpc) is 2.25. The van der Waals surface area contributed by atoms with E-state index in [1.165, 1.54) is 30.1 Å². The number of hydrogen-bond acceptors (Lipinski definition) is 6. The van der Waals surface area contributed by atoms with E-state index in [1.54, 1.807) is 0 Å². The maximum atomic E-state index is 11.9. The Labute approximate surface area is 111 Å². The van der Waals surface area contributed by atoms with Crippen molar-refractivity contribution in [1.29, 1.82) is 5.26 Å². The molecule has 1 rings (SSSR count). The first-order valence-electron chi connectivity index (χ1n) is 5.15. The molecule has 0 radical (unpaired) electrons. The lowest BCUT2D eigenvalue weighted by Gasteiger charge is -2.14. The third-order valence-corrected chi connectivity index (χ3v) is 2.57. The van der Waals surface area contributed by atoms with Crippen LogP contribution in [0.1, 0.15) is 10.4 Å². The lowest BCUT2D eigenvalue weighted by molar-refractivity contribution is 0.0811. The van der Waals surface area contributed by atoms with Gasteiger partial charge in [-0.1, -0.05) is 0 Å². The summed E-state index contributed by atoms with van der Waals surface area (Å²) in [5.41, 5.74) is 5.92. The molecule has 0 unspecified atom stereocenters. The van der Waals surface area contributed by atoms with Crippen LogP contribution < -0.4 is 9.92 Å². The monoisotopic (exact) mass is 283 g/mol. The summed E-state index contributed by atoms with van der Waals surface area (Å²) >= 11 is 0. The summed E-state index contributed by atoms with van der Waals surface area (Å²) in [7, 11) is -2.25. The molecule has 1 aromatic rings. The zero-order valence-corrected chi connectivity index (χ0v) is 11.3. The van der Waals surface area contributed by atoms with E-state index < -0.39 is 16.0 Å². The Kier molecular flexibility index (Phi) is 4.34. The molecule has 0 aliphatic rings. The van der Waals surface area contributed by atoms with E-state index in [0.717, 1.165) is 6.26 Å². The standard InChI is InChI=1S/C11H13N3O4S/c1-14(4-3-12)11(15)8-5-9(13)7-10(6-8)18-19(2,16)17/h5-7H,4,13H2,1-2H3. The minimum absolute atomic E-state index is 0.0452. The van der Waals surface area contributed by atoms with Gasteiger partial charge in [0, 0.05) is 24.4 Å². The fraction of sp³-hybridized carbons (Fsp3) is 0.273. The van der Waals surface area contributed by atoms with E-state index in [4.69, 9.17) is 11.0 Å². The maximum absolute atomic E-state index is 11.9. The van der Waals surface area contributed by atoms with Crippen LogP contribution in [0.5, 0.6) is 5.75 Å². The highest BCUT2D eigenvalue weighted by atomic mass is 32.2. The highest BCUT2D eigenvalue weighted by molar-refractivity contribution is 7.86. The van der Waals surface area contributed by atoms with Crippen molar-refractivity contribution in [2.45, 2.75) is 0 Å². The lowest BCUT2D eigenvalue weighted by atomic mass is 10.1. The third kappa shape index (κ3) is 4.48. The summed E-state index contributed by atoms with van der Waals surface area (Å²) in [6.45, 7) is -0.0874. The first-order valence-corrected chi connectivity index (χ1v) is 6.97. The fourth-order valence-electron chi connectivity index (χ4n) is 1.37. The summed E-state index contributed by atoms with van der Waals surface area (Å²) in [5.74, 6) is -0.497. The van der Waals surface area contributed by atoms with E-state index in [1.807, 2.05) is 6.07 Å². The smallest absolute Gasteiger partial charge is 0.306 e. The Bertz CT molecular complexity index is 634. The molecule has 102 valence electrons. The summed E-state index contributed by atoms with van der Waals surface area (Å²) < 4.78 is 26.7. The molecule has 8 heteroatoms. The van der Waals surface area contributed by atoms with Crippen molar-refractivity contribution in [1.82, 2.24) is 4.90 Å². The maximum Gasteiger partial charge on any atom is 0.306 e. The first kappa shape index (κ1) is 14.8. The lowest BCUT2D eigenvalue weighted by Crippen LogP contribution is -2.27.